The third-order valence-corrected chi connectivity index (χ3v) is 5.70. The lowest BCUT2D eigenvalue weighted by Gasteiger charge is -2.36. The molecule has 29 heavy (non-hydrogen) atoms. The molecule has 2 saturated heterocycles. The molecule has 0 aromatic carbocycles. The summed E-state index contributed by atoms with van der Waals surface area (Å²) >= 11 is 0. The number of likely N-dealkylation sites (N-methyl/N-ethyl adjacent to an activating group) is 1. The lowest BCUT2D eigenvalue weighted by molar-refractivity contribution is -0.137. The normalized spacial score (nSPS) is 21.2. The van der Waals surface area contributed by atoms with Gasteiger partial charge in [0.2, 0.25) is 11.8 Å². The van der Waals surface area contributed by atoms with Crippen molar-refractivity contribution in [2.75, 3.05) is 66.0 Å². The van der Waals surface area contributed by atoms with Crippen LogP contribution in [0.25, 0.3) is 0 Å². The van der Waals surface area contributed by atoms with E-state index in [0.717, 1.165) is 52.1 Å². The number of amides is 2. The lowest BCUT2D eigenvalue weighted by atomic mass is 10.2. The average Bonchev–Trinajstić information content (AvgIpc) is 3.10. The van der Waals surface area contributed by atoms with Gasteiger partial charge in [-0.1, -0.05) is 0 Å². The number of nitrogens with zero attached hydrogens (tertiary/aromatic N) is 3. The number of piperazine rings is 1. The molecular weight excluding hydrogens is 388 g/mol. The minimum absolute atomic E-state index is 0.0251. The van der Waals surface area contributed by atoms with E-state index >= 15 is 0 Å². The molecule has 0 spiro atoms. The van der Waals surface area contributed by atoms with Gasteiger partial charge in [-0.3, -0.25) is 24.2 Å². The third-order valence-electron chi connectivity index (χ3n) is 5.70. The number of carboxylic acids is 1. The Hall–Kier alpha value is -1.71. The molecule has 1 atom stereocenters. The van der Waals surface area contributed by atoms with Gasteiger partial charge in [0, 0.05) is 64.7 Å². The first-order chi connectivity index (χ1) is 13.9. The first-order valence-electron chi connectivity index (χ1n) is 10.8. The number of hydrogen-bond acceptors (Lipinski definition) is 6. The van der Waals surface area contributed by atoms with Gasteiger partial charge in [0.15, 0.2) is 0 Å². The number of likely N-dealkylation sites (tertiary alicyclic amines) is 1. The fourth-order valence-corrected chi connectivity index (χ4v) is 3.91. The van der Waals surface area contributed by atoms with E-state index in [0.29, 0.717) is 44.9 Å². The Morgan fingerprint density at radius 3 is 2.28 bits per heavy atom. The van der Waals surface area contributed by atoms with Crippen LogP contribution in [-0.2, 0) is 14.4 Å². The molecule has 0 aromatic rings. The molecule has 2 amide bonds. The van der Waals surface area contributed by atoms with Crippen molar-refractivity contribution in [3.05, 3.63) is 0 Å². The number of hydrogen-bond donors (Lipinski definition) is 3. The monoisotopic (exact) mass is 425 g/mol. The number of carbonyl (C=O) groups excluding carboxylic acids is 2. The highest BCUT2D eigenvalue weighted by molar-refractivity contribution is 5.78. The molecular formula is C20H37N5O4. The van der Waals surface area contributed by atoms with Crippen LogP contribution in [0.3, 0.4) is 0 Å². The molecule has 0 bridgehead atoms. The Labute approximate surface area is 173 Å². The van der Waals surface area contributed by atoms with Crippen LogP contribution < -0.4 is 10.6 Å². The quantitative estimate of drug-likeness (QED) is 0.222. The van der Waals surface area contributed by atoms with Crippen molar-refractivity contribution < 1.29 is 19.5 Å². The zero-order valence-corrected chi connectivity index (χ0v) is 17.7. The highest BCUT2D eigenvalue weighted by atomic mass is 16.5. The molecule has 1 unspecified atom stereocenters. The Kier molecular flexibility index (Phi) is 10.4. The van der Waals surface area contributed by atoms with Crippen LogP contribution in [0.1, 0.15) is 38.5 Å². The van der Waals surface area contributed by atoms with Gasteiger partial charge < -0.3 is 20.6 Å². The topological polar surface area (TPSA) is 105 Å². The summed E-state index contributed by atoms with van der Waals surface area (Å²) in [6, 6.07) is 0.459. The van der Waals surface area contributed by atoms with E-state index in [1.807, 2.05) is 0 Å². The fourth-order valence-electron chi connectivity index (χ4n) is 3.91. The largest absolute Gasteiger partial charge is 0.481 e. The minimum Gasteiger partial charge on any atom is -0.481 e. The standard InChI is InChI=1S/C20H37N5O4/c1-23-11-13-24(14-12-23)15-17-5-4-10-25(17)16-19(27)22-8-2-6-18(26)21-9-3-7-20(28)29/h17H,2-16H2,1H3,(H,21,26)(H,22,27)(H,28,29)/i2+1,3+1,6+1,7+1,8+1,9+1,11+1,13+1,18+1,19+1,20+1,21+1,22+1,23+1. The second kappa shape index (κ2) is 12.8. The molecule has 0 aromatic heterocycles. The van der Waals surface area contributed by atoms with Crippen molar-refractivity contribution in [3.8, 4) is 0 Å². The molecule has 0 aliphatic carbocycles. The van der Waals surface area contributed by atoms with Gasteiger partial charge in [-0.05, 0) is 39.3 Å². The van der Waals surface area contributed by atoms with Crippen LogP contribution in [-0.4, -0.2) is 110 Å². The molecule has 2 fully saturated rings. The van der Waals surface area contributed by atoms with E-state index in [-0.39, 0.29) is 18.2 Å². The number of nitrogens with one attached hydrogen (secondary N) is 2. The maximum Gasteiger partial charge on any atom is 0.303 e. The summed E-state index contributed by atoms with van der Waals surface area (Å²) in [6.07, 6.45) is 3.71. The summed E-state index contributed by atoms with van der Waals surface area (Å²) in [5.74, 6) is -0.931. The maximum atomic E-state index is 12.3. The van der Waals surface area contributed by atoms with Crippen LogP contribution in [0.5, 0.6) is 0 Å². The van der Waals surface area contributed by atoms with Gasteiger partial charge in [-0.15, -0.1) is 0 Å². The van der Waals surface area contributed by atoms with Gasteiger partial charge in [0.1, 0.15) is 0 Å². The third kappa shape index (κ3) is 9.56. The predicted octanol–water partition coefficient (Wildman–Crippen LogP) is -0.424. The summed E-state index contributed by atoms with van der Waals surface area (Å²) in [7, 11) is 2.16. The molecule has 166 valence electrons. The summed E-state index contributed by atoms with van der Waals surface area (Å²) < 4.78 is 0. The van der Waals surface area contributed by atoms with Crippen molar-refractivity contribution >= 4 is 17.8 Å². The summed E-state index contributed by atoms with van der Waals surface area (Å²) in [5.41, 5.74) is 0. The Balaban J connectivity index is 1.55. The highest BCUT2D eigenvalue weighted by Gasteiger charge is 2.28. The van der Waals surface area contributed by atoms with Crippen molar-refractivity contribution in [2.45, 2.75) is 44.6 Å². The van der Waals surface area contributed by atoms with Crippen LogP contribution in [0.4, 0.5) is 0 Å². The van der Waals surface area contributed by atoms with Crippen LogP contribution >= 0.6 is 0 Å². The molecule has 2 aliphatic rings. The Morgan fingerprint density at radius 1 is 0.931 bits per heavy atom. The van der Waals surface area contributed by atoms with Crippen molar-refractivity contribution in [3.63, 3.8) is 0 Å². The summed E-state index contributed by atoms with van der Waals surface area (Å²) in [4.78, 5) is 41.5. The van der Waals surface area contributed by atoms with E-state index in [1.54, 1.807) is 0 Å². The maximum absolute atomic E-state index is 12.3. The SMILES string of the molecule is C[15N]1CCN(CC2CCCN2C[13C](=O)[15NH][13CH2][13CH2][13CH2][13C](=O)[15NH][13CH2][13CH2][13CH2][13C](=O)O)[13CH2][13CH2]1. The first-order valence-corrected chi connectivity index (χ1v) is 10.8. The first kappa shape index (κ1) is 23.6. The smallest absolute Gasteiger partial charge is 0.303 e. The molecule has 2 aliphatic heterocycles. The summed E-state index contributed by atoms with van der Waals surface area (Å²) in [6.45, 7) is 7.74. The number of carbonyl (C=O) groups is 3. The second-order valence-corrected chi connectivity index (χ2v) is 8.17. The van der Waals surface area contributed by atoms with E-state index in [9.17, 15) is 14.4 Å². The minimum atomic E-state index is -0.856. The number of aliphatic carboxylic acids is 1. The predicted molar refractivity (Wildman–Crippen MR) is 111 cm³/mol. The molecule has 0 saturated carbocycles. The van der Waals surface area contributed by atoms with Crippen LogP contribution in [0, 0.1) is 0 Å². The molecule has 2 rings (SSSR count). The average molecular weight is 425 g/mol. The van der Waals surface area contributed by atoms with Crippen molar-refractivity contribution in [1.29, 1.82) is 0 Å². The summed E-state index contributed by atoms with van der Waals surface area (Å²) in [5, 5.41) is 14.2. The van der Waals surface area contributed by atoms with Crippen LogP contribution in [0.15, 0.2) is 0 Å². The Bertz CT molecular complexity index is 537. The van der Waals surface area contributed by atoms with Crippen LogP contribution in [0.2, 0.25) is 0 Å². The zero-order valence-electron chi connectivity index (χ0n) is 17.7. The van der Waals surface area contributed by atoms with E-state index in [1.165, 1.54) is 0 Å². The van der Waals surface area contributed by atoms with Gasteiger partial charge in [-0.2, -0.15) is 0 Å². The number of rotatable bonds is 12. The second-order valence-electron chi connectivity index (χ2n) is 8.17. The van der Waals surface area contributed by atoms with E-state index in [4.69, 9.17) is 5.11 Å². The van der Waals surface area contributed by atoms with E-state index in [2.05, 4.69) is 32.4 Å². The molecule has 9 nitrogen and oxygen atoms in total. The van der Waals surface area contributed by atoms with Gasteiger partial charge >= 0.3 is 5.97 Å². The fraction of sp³-hybridized carbons (Fsp3) is 0.850. The molecule has 9 heteroatoms. The zero-order chi connectivity index (χ0) is 21.1. The van der Waals surface area contributed by atoms with E-state index < -0.39 is 5.97 Å². The lowest BCUT2D eigenvalue weighted by Crippen LogP contribution is -2.50. The number of carboxylic acid groups (broad SMARTS) is 1. The Morgan fingerprint density at radius 2 is 1.59 bits per heavy atom. The van der Waals surface area contributed by atoms with Crippen molar-refractivity contribution in [2.24, 2.45) is 0 Å². The van der Waals surface area contributed by atoms with Crippen molar-refractivity contribution in [1.82, 2.24) is 25.3 Å². The highest BCUT2D eigenvalue weighted by Crippen LogP contribution is 2.18. The van der Waals surface area contributed by atoms with Gasteiger partial charge in [-0.25, -0.2) is 0 Å². The molecule has 3 N–H and O–H groups in total. The molecule has 2 heterocycles. The van der Waals surface area contributed by atoms with Gasteiger partial charge in [0.05, 0.1) is 6.54 Å². The van der Waals surface area contributed by atoms with Gasteiger partial charge in [0.25, 0.3) is 0 Å². The molecule has 0 radical (unpaired) electrons.